The molecule has 0 amide bonds. The van der Waals surface area contributed by atoms with E-state index in [1.807, 2.05) is 18.2 Å². The minimum absolute atomic E-state index is 0.0257. The van der Waals surface area contributed by atoms with Crippen molar-refractivity contribution in [2.24, 2.45) is 0 Å². The molecule has 1 aliphatic heterocycles. The van der Waals surface area contributed by atoms with E-state index in [4.69, 9.17) is 0 Å². The van der Waals surface area contributed by atoms with Gasteiger partial charge in [-0.1, -0.05) is 36.4 Å². The molecular weight excluding hydrogens is 263 g/mol. The summed E-state index contributed by atoms with van der Waals surface area (Å²) in [6, 6.07) is 13.4. The summed E-state index contributed by atoms with van der Waals surface area (Å²) < 4.78 is 37.8. The van der Waals surface area contributed by atoms with E-state index in [0.717, 1.165) is 36.2 Å². The van der Waals surface area contributed by atoms with Crippen LogP contribution in [0.1, 0.15) is 28.3 Å². The molecule has 1 heterocycles. The molecule has 2 aromatic rings. The molecule has 104 valence electrons. The fourth-order valence-electron chi connectivity index (χ4n) is 2.67. The maximum Gasteiger partial charge on any atom is 0.416 e. The molecule has 2 aromatic carbocycles. The second-order valence-electron chi connectivity index (χ2n) is 4.96. The molecule has 4 heteroatoms. The summed E-state index contributed by atoms with van der Waals surface area (Å²) >= 11 is 0. The number of nitrogens with one attached hydrogen (secondary N) is 1. The summed E-state index contributed by atoms with van der Waals surface area (Å²) in [6.45, 7) is 0.836. The van der Waals surface area contributed by atoms with E-state index in [2.05, 4.69) is 11.4 Å². The number of fused-ring (bicyclic) bond motifs is 1. The second kappa shape index (κ2) is 4.94. The summed E-state index contributed by atoms with van der Waals surface area (Å²) in [4.78, 5) is 0. The zero-order valence-electron chi connectivity index (χ0n) is 10.7. The summed E-state index contributed by atoms with van der Waals surface area (Å²) in [7, 11) is 0. The lowest BCUT2D eigenvalue weighted by Crippen LogP contribution is -2.30. The molecule has 1 atom stereocenters. The smallest absolute Gasteiger partial charge is 0.306 e. The van der Waals surface area contributed by atoms with Crippen molar-refractivity contribution in [3.8, 4) is 0 Å². The lowest BCUT2D eigenvalue weighted by molar-refractivity contribution is -0.137. The van der Waals surface area contributed by atoms with Crippen molar-refractivity contribution in [2.75, 3.05) is 6.54 Å². The van der Waals surface area contributed by atoms with Crippen molar-refractivity contribution < 1.29 is 13.2 Å². The van der Waals surface area contributed by atoms with Gasteiger partial charge in [0, 0.05) is 6.54 Å². The third kappa shape index (κ3) is 2.43. The van der Waals surface area contributed by atoms with Gasteiger partial charge in [0.2, 0.25) is 0 Å². The van der Waals surface area contributed by atoms with Gasteiger partial charge in [0.15, 0.2) is 0 Å². The zero-order chi connectivity index (χ0) is 14.2. The topological polar surface area (TPSA) is 12.0 Å². The van der Waals surface area contributed by atoms with E-state index < -0.39 is 11.7 Å². The number of hydrogen-bond donors (Lipinski definition) is 1. The Balaban J connectivity index is 1.95. The molecule has 1 N–H and O–H groups in total. The largest absolute Gasteiger partial charge is 0.416 e. The number of alkyl halides is 3. The minimum atomic E-state index is -4.28. The van der Waals surface area contributed by atoms with Gasteiger partial charge in [-0.2, -0.15) is 13.2 Å². The predicted molar refractivity (Wildman–Crippen MR) is 71.4 cm³/mol. The quantitative estimate of drug-likeness (QED) is 0.832. The molecule has 0 bridgehead atoms. The van der Waals surface area contributed by atoms with Crippen LogP contribution in [0, 0.1) is 0 Å². The maximum atomic E-state index is 12.6. The molecule has 0 aliphatic carbocycles. The highest BCUT2D eigenvalue weighted by Gasteiger charge is 2.30. The van der Waals surface area contributed by atoms with E-state index in [1.54, 1.807) is 12.1 Å². The van der Waals surface area contributed by atoms with Crippen molar-refractivity contribution in [2.45, 2.75) is 18.6 Å². The Morgan fingerprint density at radius 3 is 2.35 bits per heavy atom. The van der Waals surface area contributed by atoms with Crippen LogP contribution in [0.25, 0.3) is 0 Å². The summed E-state index contributed by atoms with van der Waals surface area (Å²) in [5.41, 5.74) is 2.67. The molecule has 1 nitrogen and oxygen atoms in total. The normalized spacial score (nSPS) is 18.6. The number of rotatable bonds is 1. The Labute approximate surface area is 115 Å². The van der Waals surface area contributed by atoms with Crippen LogP contribution in [-0.4, -0.2) is 6.54 Å². The van der Waals surface area contributed by atoms with Gasteiger partial charge in [-0.15, -0.1) is 0 Å². The van der Waals surface area contributed by atoms with Gasteiger partial charge in [0.1, 0.15) is 0 Å². The van der Waals surface area contributed by atoms with Gasteiger partial charge in [0.25, 0.3) is 0 Å². The molecule has 20 heavy (non-hydrogen) atoms. The maximum absolute atomic E-state index is 12.6. The van der Waals surface area contributed by atoms with Crippen molar-refractivity contribution in [1.29, 1.82) is 0 Å². The van der Waals surface area contributed by atoms with E-state index in [1.165, 1.54) is 5.56 Å². The molecule has 1 unspecified atom stereocenters. The molecule has 0 spiro atoms. The lowest BCUT2D eigenvalue weighted by Gasteiger charge is -2.27. The summed E-state index contributed by atoms with van der Waals surface area (Å²) in [5, 5.41) is 3.37. The first-order valence-corrected chi connectivity index (χ1v) is 6.54. The Kier molecular flexibility index (Phi) is 3.26. The van der Waals surface area contributed by atoms with Gasteiger partial charge in [-0.05, 0) is 35.2 Å². The first kappa shape index (κ1) is 13.2. The first-order chi connectivity index (χ1) is 9.55. The van der Waals surface area contributed by atoms with Crippen LogP contribution in [0.5, 0.6) is 0 Å². The molecule has 3 rings (SSSR count). The van der Waals surface area contributed by atoms with Crippen LogP contribution in [0.2, 0.25) is 0 Å². The van der Waals surface area contributed by atoms with Crippen LogP contribution in [-0.2, 0) is 12.6 Å². The Morgan fingerprint density at radius 1 is 0.950 bits per heavy atom. The lowest BCUT2D eigenvalue weighted by atomic mass is 9.89. The number of benzene rings is 2. The van der Waals surface area contributed by atoms with Crippen molar-refractivity contribution in [3.05, 3.63) is 70.8 Å². The Bertz CT molecular complexity index is 602. The minimum Gasteiger partial charge on any atom is -0.306 e. The van der Waals surface area contributed by atoms with Crippen LogP contribution in [0.15, 0.2) is 48.5 Å². The van der Waals surface area contributed by atoms with Crippen LogP contribution in [0.4, 0.5) is 13.2 Å². The molecule has 1 aliphatic rings. The highest BCUT2D eigenvalue weighted by atomic mass is 19.4. The van der Waals surface area contributed by atoms with Crippen molar-refractivity contribution in [1.82, 2.24) is 5.32 Å². The Morgan fingerprint density at radius 2 is 1.65 bits per heavy atom. The Hall–Kier alpha value is -1.81. The van der Waals surface area contributed by atoms with E-state index in [-0.39, 0.29) is 6.04 Å². The molecule has 0 radical (unpaired) electrons. The standard InChI is InChI=1S/C16H14F3N/c17-16(18,19)13-7-5-12(6-8-13)15-14-4-2-1-3-11(14)9-10-20-15/h1-8,15,20H,9-10H2. The second-order valence-corrected chi connectivity index (χ2v) is 4.96. The van der Waals surface area contributed by atoms with Gasteiger partial charge >= 0.3 is 6.18 Å². The summed E-state index contributed by atoms with van der Waals surface area (Å²) in [5.74, 6) is 0. The average Bonchev–Trinajstić information content (AvgIpc) is 2.46. The molecule has 0 saturated heterocycles. The average molecular weight is 277 g/mol. The molecular formula is C16H14F3N. The number of hydrogen-bond acceptors (Lipinski definition) is 1. The summed E-state index contributed by atoms with van der Waals surface area (Å²) in [6.07, 6.45) is -3.33. The third-order valence-electron chi connectivity index (χ3n) is 3.68. The zero-order valence-corrected chi connectivity index (χ0v) is 10.7. The van der Waals surface area contributed by atoms with Gasteiger partial charge in [-0.3, -0.25) is 0 Å². The van der Waals surface area contributed by atoms with Crippen molar-refractivity contribution in [3.63, 3.8) is 0 Å². The highest BCUT2D eigenvalue weighted by molar-refractivity contribution is 5.40. The fourth-order valence-corrected chi connectivity index (χ4v) is 2.67. The SMILES string of the molecule is FC(F)(F)c1ccc(C2NCCc3ccccc32)cc1. The fraction of sp³-hybridized carbons (Fsp3) is 0.250. The third-order valence-corrected chi connectivity index (χ3v) is 3.68. The van der Waals surface area contributed by atoms with Gasteiger partial charge < -0.3 is 5.32 Å². The van der Waals surface area contributed by atoms with Crippen molar-refractivity contribution >= 4 is 0 Å². The molecule has 0 aromatic heterocycles. The van der Waals surface area contributed by atoms with Crippen LogP contribution in [0.3, 0.4) is 0 Å². The van der Waals surface area contributed by atoms with Gasteiger partial charge in [-0.25, -0.2) is 0 Å². The van der Waals surface area contributed by atoms with Crippen LogP contribution < -0.4 is 5.32 Å². The van der Waals surface area contributed by atoms with Crippen LogP contribution >= 0.6 is 0 Å². The monoisotopic (exact) mass is 277 g/mol. The number of halogens is 3. The van der Waals surface area contributed by atoms with E-state index in [0.29, 0.717) is 0 Å². The van der Waals surface area contributed by atoms with E-state index in [9.17, 15) is 13.2 Å². The first-order valence-electron chi connectivity index (χ1n) is 6.54. The highest BCUT2D eigenvalue weighted by Crippen LogP contribution is 2.32. The molecule has 0 fully saturated rings. The van der Waals surface area contributed by atoms with Gasteiger partial charge in [0.05, 0.1) is 11.6 Å². The predicted octanol–water partition coefficient (Wildman–Crippen LogP) is 3.94. The molecule has 0 saturated carbocycles. The van der Waals surface area contributed by atoms with E-state index >= 15 is 0 Å².